The molecular formula is C27H42N2O5. The van der Waals surface area contributed by atoms with Crippen LogP contribution >= 0.6 is 0 Å². The fraction of sp³-hybridized carbons (Fsp3) is 0.704. The first-order chi connectivity index (χ1) is 15.8. The van der Waals surface area contributed by atoms with E-state index in [0.717, 1.165) is 55.6 Å². The molecule has 2 aliphatic rings. The van der Waals surface area contributed by atoms with Crippen LogP contribution in [0.3, 0.4) is 0 Å². The Morgan fingerprint density at radius 3 is 2.21 bits per heavy atom. The maximum absolute atomic E-state index is 12.5. The molecule has 0 aromatic heterocycles. The number of nitrogens with zero attached hydrogens (tertiary/aromatic N) is 2. The van der Waals surface area contributed by atoms with Crippen LogP contribution in [0.4, 0.5) is 4.79 Å². The average Bonchev–Trinajstić information content (AvgIpc) is 3.07. The highest BCUT2D eigenvalue weighted by atomic mass is 16.6. The number of ether oxygens (including phenoxy) is 3. The van der Waals surface area contributed by atoms with Gasteiger partial charge in [-0.2, -0.15) is 0 Å². The van der Waals surface area contributed by atoms with Crippen molar-refractivity contribution in [3.05, 3.63) is 29.3 Å². The maximum Gasteiger partial charge on any atom is 0.410 e. The molecule has 7 heteroatoms. The van der Waals surface area contributed by atoms with Crippen molar-refractivity contribution in [2.75, 3.05) is 26.2 Å². The van der Waals surface area contributed by atoms with Gasteiger partial charge in [0, 0.05) is 30.7 Å². The van der Waals surface area contributed by atoms with Gasteiger partial charge < -0.3 is 19.1 Å². The van der Waals surface area contributed by atoms with E-state index in [9.17, 15) is 9.59 Å². The van der Waals surface area contributed by atoms with Gasteiger partial charge in [-0.15, -0.1) is 0 Å². The van der Waals surface area contributed by atoms with E-state index in [-0.39, 0.29) is 24.2 Å². The number of hydrogen-bond acceptors (Lipinski definition) is 6. The van der Waals surface area contributed by atoms with Gasteiger partial charge >= 0.3 is 12.1 Å². The highest BCUT2D eigenvalue weighted by molar-refractivity contribution is 5.71. The van der Waals surface area contributed by atoms with Crippen molar-refractivity contribution in [1.82, 2.24) is 9.80 Å². The zero-order valence-electron chi connectivity index (χ0n) is 22.0. The highest BCUT2D eigenvalue weighted by Crippen LogP contribution is 2.40. The smallest absolute Gasteiger partial charge is 0.410 e. The fourth-order valence-corrected chi connectivity index (χ4v) is 4.88. The molecule has 34 heavy (non-hydrogen) atoms. The zero-order chi connectivity index (χ0) is 25.1. The minimum Gasteiger partial charge on any atom is -0.482 e. The molecule has 0 N–H and O–H groups in total. The Kier molecular flexibility index (Phi) is 7.85. The number of hydrogen-bond donors (Lipinski definition) is 0. The largest absolute Gasteiger partial charge is 0.482 e. The number of piperidine rings is 1. The lowest BCUT2D eigenvalue weighted by Crippen LogP contribution is -2.53. The lowest BCUT2D eigenvalue weighted by Gasteiger charge is -2.45. The normalized spacial score (nSPS) is 18.7. The molecule has 7 nitrogen and oxygen atoms in total. The molecule has 0 aliphatic carbocycles. The molecule has 0 atom stereocenters. The minimum atomic E-state index is -0.536. The van der Waals surface area contributed by atoms with Gasteiger partial charge in [0.25, 0.3) is 0 Å². The summed E-state index contributed by atoms with van der Waals surface area (Å²) in [6.45, 7) is 16.4. The van der Waals surface area contributed by atoms with E-state index in [2.05, 4.69) is 17.0 Å². The topological polar surface area (TPSA) is 68.3 Å². The van der Waals surface area contributed by atoms with Crippen molar-refractivity contribution in [3.8, 4) is 5.75 Å². The Morgan fingerprint density at radius 1 is 0.941 bits per heavy atom. The quantitative estimate of drug-likeness (QED) is 0.555. The van der Waals surface area contributed by atoms with Crippen molar-refractivity contribution < 1.29 is 23.8 Å². The van der Waals surface area contributed by atoms with Gasteiger partial charge in [-0.3, -0.25) is 4.90 Å². The van der Waals surface area contributed by atoms with Gasteiger partial charge in [0.1, 0.15) is 17.0 Å². The zero-order valence-corrected chi connectivity index (χ0v) is 22.0. The van der Waals surface area contributed by atoms with Crippen LogP contribution in [0.5, 0.6) is 5.75 Å². The van der Waals surface area contributed by atoms with E-state index < -0.39 is 11.2 Å². The molecular weight excluding hydrogens is 432 g/mol. The van der Waals surface area contributed by atoms with Gasteiger partial charge in [-0.05, 0) is 92.3 Å². The molecule has 1 spiro atoms. The Hall–Kier alpha value is -2.28. The standard InChI is InChI=1S/C27H42N2O5/c1-20-9-10-21(22(17-20)32-19-23(30)33-25(2,3)4)18-29-14-8-11-27(29)12-15-28(16-13-27)24(31)34-26(5,6)7/h9-10,17H,8,11-16,18-19H2,1-7H3. The van der Waals surface area contributed by atoms with Crippen LogP contribution in [-0.2, 0) is 20.8 Å². The molecule has 2 aliphatic heterocycles. The van der Waals surface area contributed by atoms with Crippen molar-refractivity contribution in [2.24, 2.45) is 0 Å². The molecule has 3 rings (SSSR count). The summed E-state index contributed by atoms with van der Waals surface area (Å²) in [6, 6.07) is 6.18. The van der Waals surface area contributed by atoms with Crippen molar-refractivity contribution in [2.45, 2.75) is 97.4 Å². The van der Waals surface area contributed by atoms with Crippen molar-refractivity contribution >= 4 is 12.1 Å². The second kappa shape index (κ2) is 10.1. The third-order valence-corrected chi connectivity index (χ3v) is 6.44. The maximum atomic E-state index is 12.5. The third-order valence-electron chi connectivity index (χ3n) is 6.44. The van der Waals surface area contributed by atoms with Gasteiger partial charge in [0.05, 0.1) is 0 Å². The van der Waals surface area contributed by atoms with Crippen LogP contribution in [0.1, 0.15) is 78.4 Å². The molecule has 0 unspecified atom stereocenters. The summed E-state index contributed by atoms with van der Waals surface area (Å²) >= 11 is 0. The summed E-state index contributed by atoms with van der Waals surface area (Å²) in [6.07, 6.45) is 3.93. The van der Waals surface area contributed by atoms with E-state index in [1.807, 2.05) is 59.4 Å². The van der Waals surface area contributed by atoms with Gasteiger partial charge in [-0.25, -0.2) is 9.59 Å². The van der Waals surface area contributed by atoms with Crippen LogP contribution in [-0.4, -0.2) is 64.8 Å². The van der Waals surface area contributed by atoms with E-state index in [4.69, 9.17) is 14.2 Å². The molecule has 0 radical (unpaired) electrons. The Bertz CT molecular complexity index is 876. The molecule has 1 aromatic rings. The molecule has 0 saturated carbocycles. The molecule has 0 bridgehead atoms. The molecule has 2 saturated heterocycles. The van der Waals surface area contributed by atoms with Crippen LogP contribution in [0, 0.1) is 6.92 Å². The second-order valence-corrected chi connectivity index (χ2v) is 11.7. The molecule has 2 heterocycles. The Labute approximate surface area is 204 Å². The number of aryl methyl sites for hydroxylation is 1. The van der Waals surface area contributed by atoms with Gasteiger partial charge in [0.2, 0.25) is 0 Å². The van der Waals surface area contributed by atoms with Crippen molar-refractivity contribution in [3.63, 3.8) is 0 Å². The summed E-state index contributed by atoms with van der Waals surface area (Å²) in [5, 5.41) is 0. The van der Waals surface area contributed by atoms with E-state index in [1.54, 1.807) is 0 Å². The Morgan fingerprint density at radius 2 is 1.59 bits per heavy atom. The number of amides is 1. The average molecular weight is 475 g/mol. The summed E-state index contributed by atoms with van der Waals surface area (Å²) in [7, 11) is 0. The lowest BCUT2D eigenvalue weighted by atomic mass is 9.85. The number of carbonyl (C=O) groups is 2. The highest BCUT2D eigenvalue weighted by Gasteiger charge is 2.44. The van der Waals surface area contributed by atoms with Gasteiger partial charge in [-0.1, -0.05) is 12.1 Å². The molecule has 190 valence electrons. The summed E-state index contributed by atoms with van der Waals surface area (Å²) in [5.74, 6) is 0.367. The number of rotatable bonds is 5. The second-order valence-electron chi connectivity index (χ2n) is 11.7. The predicted octanol–water partition coefficient (Wildman–Crippen LogP) is 5.08. The fourth-order valence-electron chi connectivity index (χ4n) is 4.88. The number of carbonyl (C=O) groups excluding carboxylic acids is 2. The lowest BCUT2D eigenvalue weighted by molar-refractivity contribution is -0.157. The minimum absolute atomic E-state index is 0.0891. The van der Waals surface area contributed by atoms with Crippen LogP contribution in [0.15, 0.2) is 18.2 Å². The van der Waals surface area contributed by atoms with Crippen LogP contribution < -0.4 is 4.74 Å². The summed E-state index contributed by atoms with van der Waals surface area (Å²) < 4.78 is 16.9. The third kappa shape index (κ3) is 7.11. The van der Waals surface area contributed by atoms with Crippen LogP contribution in [0.2, 0.25) is 0 Å². The Balaban J connectivity index is 1.65. The van der Waals surface area contributed by atoms with Gasteiger partial charge in [0.15, 0.2) is 6.61 Å². The van der Waals surface area contributed by atoms with E-state index in [1.165, 1.54) is 0 Å². The molecule has 1 aromatic carbocycles. The van der Waals surface area contributed by atoms with E-state index >= 15 is 0 Å². The summed E-state index contributed by atoms with van der Waals surface area (Å²) in [4.78, 5) is 29.1. The number of benzene rings is 1. The SMILES string of the molecule is Cc1ccc(CN2CCCC23CCN(C(=O)OC(C)(C)C)CC3)c(OCC(=O)OC(C)(C)C)c1. The number of esters is 1. The van der Waals surface area contributed by atoms with Crippen molar-refractivity contribution in [1.29, 1.82) is 0 Å². The predicted molar refractivity (Wildman–Crippen MR) is 132 cm³/mol. The summed E-state index contributed by atoms with van der Waals surface area (Å²) in [5.41, 5.74) is 1.24. The first-order valence-corrected chi connectivity index (χ1v) is 12.4. The van der Waals surface area contributed by atoms with E-state index in [0.29, 0.717) is 13.1 Å². The first-order valence-electron chi connectivity index (χ1n) is 12.4. The first kappa shape index (κ1) is 26.3. The number of likely N-dealkylation sites (tertiary alicyclic amines) is 2. The van der Waals surface area contributed by atoms with Crippen LogP contribution in [0.25, 0.3) is 0 Å². The monoisotopic (exact) mass is 474 g/mol. The molecule has 2 fully saturated rings. The molecule has 1 amide bonds.